The van der Waals surface area contributed by atoms with E-state index in [2.05, 4.69) is 67.8 Å². The molecule has 0 bridgehead atoms. The van der Waals surface area contributed by atoms with E-state index >= 15 is 0 Å². The monoisotopic (exact) mass is 1040 g/mol. The van der Waals surface area contributed by atoms with Crippen LogP contribution in [0.5, 0.6) is 0 Å². The maximum absolute atomic E-state index is 12.5. The molecule has 2 atom stereocenters. The predicted molar refractivity (Wildman–Crippen MR) is 324 cm³/mol. The van der Waals surface area contributed by atoms with Gasteiger partial charge >= 0.3 is 5.97 Å². The van der Waals surface area contributed by atoms with Crippen LogP contribution in [0.4, 0.5) is 0 Å². The number of carbonyl (C=O) groups is 2. The van der Waals surface area contributed by atoms with Gasteiger partial charge in [-0.3, -0.25) is 9.59 Å². The average molecular weight is 1040 g/mol. The van der Waals surface area contributed by atoms with Crippen molar-refractivity contribution in [2.75, 3.05) is 13.2 Å². The van der Waals surface area contributed by atoms with Gasteiger partial charge in [-0.1, -0.05) is 294 Å². The number of unbranched alkanes of at least 4 members (excludes halogenated alkanes) is 43. The molecule has 434 valence electrons. The number of carbonyl (C=O) groups excluding carboxylic acids is 2. The second-order valence-electron chi connectivity index (χ2n) is 22.5. The molecule has 6 heteroatoms. The number of allylic oxidation sites excluding steroid dienone is 8. The van der Waals surface area contributed by atoms with E-state index in [4.69, 9.17) is 4.74 Å². The summed E-state index contributed by atoms with van der Waals surface area (Å²) < 4.78 is 5.46. The number of rotatable bonds is 61. The lowest BCUT2D eigenvalue weighted by molar-refractivity contribution is -0.143. The smallest absolute Gasteiger partial charge is 0.305 e. The van der Waals surface area contributed by atoms with Gasteiger partial charge in [0.1, 0.15) is 0 Å². The number of aliphatic hydroxyl groups excluding tert-OH is 2. The van der Waals surface area contributed by atoms with Crippen LogP contribution in [-0.2, 0) is 14.3 Å². The fourth-order valence-corrected chi connectivity index (χ4v) is 10.1. The Morgan fingerprint density at radius 3 is 1.14 bits per heavy atom. The molecule has 1 amide bonds. The molecular weight excluding hydrogens is 911 g/mol. The predicted octanol–water partition coefficient (Wildman–Crippen LogP) is 20.9. The van der Waals surface area contributed by atoms with Crippen LogP contribution in [0.3, 0.4) is 0 Å². The molecule has 0 saturated carbocycles. The van der Waals surface area contributed by atoms with Crippen molar-refractivity contribution in [3.8, 4) is 0 Å². The number of aliphatic hydroxyl groups is 2. The zero-order valence-corrected chi connectivity index (χ0v) is 49.6. The molecule has 0 saturated heterocycles. The van der Waals surface area contributed by atoms with Gasteiger partial charge < -0.3 is 20.3 Å². The van der Waals surface area contributed by atoms with Crippen molar-refractivity contribution < 1.29 is 24.5 Å². The number of amides is 1. The first-order valence-electron chi connectivity index (χ1n) is 32.9. The second kappa shape index (κ2) is 63.4. The maximum atomic E-state index is 12.5. The molecule has 0 spiro atoms. The van der Waals surface area contributed by atoms with Gasteiger partial charge in [-0.2, -0.15) is 0 Å². The van der Waals surface area contributed by atoms with Crippen molar-refractivity contribution >= 4 is 11.9 Å². The third-order valence-electron chi connectivity index (χ3n) is 15.1. The lowest BCUT2D eigenvalue weighted by Gasteiger charge is -2.22. The third kappa shape index (κ3) is 59.1. The van der Waals surface area contributed by atoms with E-state index in [9.17, 15) is 19.8 Å². The third-order valence-corrected chi connectivity index (χ3v) is 15.1. The second-order valence-corrected chi connectivity index (χ2v) is 22.5. The van der Waals surface area contributed by atoms with E-state index in [0.717, 1.165) is 83.5 Å². The van der Waals surface area contributed by atoms with Crippen LogP contribution >= 0.6 is 0 Å². The van der Waals surface area contributed by atoms with Crippen molar-refractivity contribution in [2.24, 2.45) is 0 Å². The molecule has 0 aliphatic rings. The minimum atomic E-state index is -0.682. The summed E-state index contributed by atoms with van der Waals surface area (Å²) in [5.74, 6) is -0.0839. The van der Waals surface area contributed by atoms with Gasteiger partial charge in [-0.05, 0) is 89.9 Å². The summed E-state index contributed by atoms with van der Waals surface area (Å²) in [5.41, 5.74) is 0. The summed E-state index contributed by atoms with van der Waals surface area (Å²) in [4.78, 5) is 24.6. The Labute approximate surface area is 461 Å². The molecule has 0 aromatic heterocycles. The molecule has 0 fully saturated rings. The van der Waals surface area contributed by atoms with Gasteiger partial charge in [0.2, 0.25) is 5.91 Å². The Balaban J connectivity index is 3.50. The van der Waals surface area contributed by atoms with E-state index in [1.54, 1.807) is 0 Å². The van der Waals surface area contributed by atoms with Crippen molar-refractivity contribution in [2.45, 2.75) is 360 Å². The molecule has 74 heavy (non-hydrogen) atoms. The van der Waals surface area contributed by atoms with Gasteiger partial charge in [0.05, 0.1) is 25.4 Å². The van der Waals surface area contributed by atoms with Crippen LogP contribution in [0.2, 0.25) is 0 Å². The molecule has 2 unspecified atom stereocenters. The van der Waals surface area contributed by atoms with Crippen molar-refractivity contribution in [3.05, 3.63) is 48.6 Å². The van der Waals surface area contributed by atoms with Crippen LogP contribution in [-0.4, -0.2) is 47.4 Å². The minimum absolute atomic E-state index is 0.0289. The maximum Gasteiger partial charge on any atom is 0.305 e. The molecule has 0 radical (unpaired) electrons. The largest absolute Gasteiger partial charge is 0.466 e. The number of hydrogen-bond donors (Lipinski definition) is 3. The van der Waals surface area contributed by atoms with Crippen LogP contribution in [0, 0.1) is 0 Å². The van der Waals surface area contributed by atoms with E-state index in [0.29, 0.717) is 25.9 Å². The molecule has 0 aliphatic heterocycles. The quantitative estimate of drug-likeness (QED) is 0.0244. The van der Waals surface area contributed by atoms with Crippen LogP contribution in [0.25, 0.3) is 0 Å². The highest BCUT2D eigenvalue weighted by atomic mass is 16.5. The summed E-state index contributed by atoms with van der Waals surface area (Å²) in [5, 5.41) is 23.4. The Hall–Kier alpha value is -2.18. The molecule has 0 aromatic carbocycles. The molecular formula is C68H127NO5. The fraction of sp³-hybridized carbons (Fsp3) is 0.853. The molecule has 3 N–H and O–H groups in total. The topological polar surface area (TPSA) is 95.9 Å². The first-order chi connectivity index (χ1) is 36.5. The molecule has 0 aliphatic carbocycles. The fourth-order valence-electron chi connectivity index (χ4n) is 10.1. The zero-order chi connectivity index (χ0) is 53.6. The van der Waals surface area contributed by atoms with Gasteiger partial charge in [0.15, 0.2) is 0 Å². The lowest BCUT2D eigenvalue weighted by atomic mass is 10.0. The molecule has 0 heterocycles. The van der Waals surface area contributed by atoms with Crippen LogP contribution in [0.15, 0.2) is 48.6 Å². The van der Waals surface area contributed by atoms with Crippen LogP contribution < -0.4 is 5.32 Å². The standard InChI is InChI=1S/C68H127NO5/c1-3-5-7-9-11-13-15-17-19-21-22-23-24-25-26-27-28-30-32-36-40-44-48-52-56-60-66(71)65(64-70)69-67(72)61-57-53-49-45-41-37-33-31-35-39-43-47-51-55-59-63-74-68(73)62-58-54-50-46-42-38-34-29-20-18-16-14-12-10-8-6-4-2/h12,14,18,20,31,35,39,43,65-66,70-71H,3-11,13,15-17,19,21-30,32-34,36-38,40-42,44-64H2,1-2H3,(H,69,72)/b14-12-,20-18-,35-31-,43-39-. The van der Waals surface area contributed by atoms with Gasteiger partial charge in [-0.25, -0.2) is 0 Å². The van der Waals surface area contributed by atoms with E-state index in [1.165, 1.54) is 231 Å². The Morgan fingerprint density at radius 1 is 0.392 bits per heavy atom. The summed E-state index contributed by atoms with van der Waals surface area (Å²) >= 11 is 0. The molecule has 0 rings (SSSR count). The number of esters is 1. The normalized spacial score (nSPS) is 12.9. The number of hydrogen-bond acceptors (Lipinski definition) is 5. The van der Waals surface area contributed by atoms with Gasteiger partial charge in [0.25, 0.3) is 0 Å². The summed E-state index contributed by atoms with van der Waals surface area (Å²) in [7, 11) is 0. The summed E-state index contributed by atoms with van der Waals surface area (Å²) in [6.45, 7) is 4.89. The Kier molecular flexibility index (Phi) is 61.5. The first kappa shape index (κ1) is 71.8. The number of nitrogens with one attached hydrogen (secondary N) is 1. The SMILES string of the molecule is CCCCC/C=C\C/C=C\CCCCCCCCCC(=O)OCCCCC/C=C\C=C/CCCCCCCCC(=O)NC(CO)C(O)CCCCCCCCCCCCCCCCCCCCCCCCCCC. The number of ether oxygens (including phenoxy) is 1. The van der Waals surface area contributed by atoms with E-state index < -0.39 is 12.1 Å². The van der Waals surface area contributed by atoms with Crippen molar-refractivity contribution in [3.63, 3.8) is 0 Å². The van der Waals surface area contributed by atoms with Gasteiger partial charge in [-0.15, -0.1) is 0 Å². The summed E-state index contributed by atoms with van der Waals surface area (Å²) in [6.07, 6.45) is 81.3. The average Bonchev–Trinajstić information content (AvgIpc) is 3.40. The zero-order valence-electron chi connectivity index (χ0n) is 49.6. The van der Waals surface area contributed by atoms with Crippen molar-refractivity contribution in [1.82, 2.24) is 5.32 Å². The highest BCUT2D eigenvalue weighted by molar-refractivity contribution is 5.76. The Bertz CT molecular complexity index is 1240. The minimum Gasteiger partial charge on any atom is -0.466 e. The molecule has 6 nitrogen and oxygen atoms in total. The highest BCUT2D eigenvalue weighted by Gasteiger charge is 2.20. The summed E-state index contributed by atoms with van der Waals surface area (Å²) in [6, 6.07) is -0.561. The van der Waals surface area contributed by atoms with Crippen LogP contribution in [0.1, 0.15) is 348 Å². The van der Waals surface area contributed by atoms with Crippen molar-refractivity contribution in [1.29, 1.82) is 0 Å². The van der Waals surface area contributed by atoms with Gasteiger partial charge in [0, 0.05) is 12.8 Å². The van der Waals surface area contributed by atoms with E-state index in [-0.39, 0.29) is 18.5 Å². The Morgan fingerprint density at radius 2 is 0.716 bits per heavy atom. The molecule has 0 aromatic rings. The van der Waals surface area contributed by atoms with E-state index in [1.807, 2.05) is 0 Å². The lowest BCUT2D eigenvalue weighted by Crippen LogP contribution is -2.45. The first-order valence-corrected chi connectivity index (χ1v) is 32.9. The highest BCUT2D eigenvalue weighted by Crippen LogP contribution is 2.18.